The number of carbonyl (C=O) groups excluding carboxylic acids is 1. The van der Waals surface area contributed by atoms with Gasteiger partial charge >= 0.3 is 5.97 Å². The van der Waals surface area contributed by atoms with Crippen molar-refractivity contribution in [2.24, 2.45) is 18.0 Å². The smallest absolute Gasteiger partial charge is 0.311 e. The van der Waals surface area contributed by atoms with Gasteiger partial charge in [0.1, 0.15) is 5.69 Å². The van der Waals surface area contributed by atoms with E-state index in [2.05, 4.69) is 43.0 Å². The van der Waals surface area contributed by atoms with Crippen LogP contribution in [0.4, 0.5) is 0 Å². The number of benzene rings is 1. The summed E-state index contributed by atoms with van der Waals surface area (Å²) in [5.74, 6) is -0.168. The fraction of sp³-hybridized carbons (Fsp3) is 0.480. The first kappa shape index (κ1) is 25.7. The lowest BCUT2D eigenvalue weighted by molar-refractivity contribution is -0.167. The molecule has 0 fully saturated rings. The molecular formula is C25H34ClN3O3. The third kappa shape index (κ3) is 6.00. The van der Waals surface area contributed by atoms with Crippen LogP contribution < -0.4 is 0 Å². The quantitative estimate of drug-likeness (QED) is 0.227. The Balaban J connectivity index is 2.67. The first-order valence-corrected chi connectivity index (χ1v) is 11.1. The highest BCUT2D eigenvalue weighted by Crippen LogP contribution is 2.34. The van der Waals surface area contributed by atoms with E-state index in [0.717, 1.165) is 5.56 Å². The number of aromatic nitrogens is 2. The number of allylic oxidation sites excluding steroid dienone is 1. The molecule has 1 atom stereocenters. The fourth-order valence-electron chi connectivity index (χ4n) is 3.16. The zero-order chi connectivity index (χ0) is 24.2. The van der Waals surface area contributed by atoms with E-state index in [1.54, 1.807) is 45.8 Å². The summed E-state index contributed by atoms with van der Waals surface area (Å²) >= 11 is 6.62. The van der Waals surface area contributed by atoms with Crippen LogP contribution in [0.2, 0.25) is 5.02 Å². The van der Waals surface area contributed by atoms with Gasteiger partial charge < -0.3 is 9.47 Å². The van der Waals surface area contributed by atoms with E-state index in [0.29, 0.717) is 27.7 Å². The molecule has 0 N–H and O–H groups in total. The Morgan fingerprint density at radius 2 is 1.75 bits per heavy atom. The van der Waals surface area contributed by atoms with Crippen LogP contribution in [0.1, 0.15) is 64.1 Å². The summed E-state index contributed by atoms with van der Waals surface area (Å²) in [7, 11) is 3.49. The largest absolute Gasteiger partial charge is 0.452 e. The van der Waals surface area contributed by atoms with Crippen LogP contribution in [-0.2, 0) is 26.7 Å². The van der Waals surface area contributed by atoms with E-state index in [-0.39, 0.29) is 17.3 Å². The Kier molecular flexibility index (Phi) is 8.29. The molecule has 0 aliphatic carbocycles. The zero-order valence-corrected chi connectivity index (χ0v) is 21.2. The Labute approximate surface area is 196 Å². The molecule has 6 nitrogen and oxygen atoms in total. The van der Waals surface area contributed by atoms with Crippen LogP contribution in [0, 0.1) is 12.8 Å². The van der Waals surface area contributed by atoms with Crippen LogP contribution >= 0.6 is 11.6 Å². The van der Waals surface area contributed by atoms with Crippen LogP contribution in [0.25, 0.3) is 11.3 Å². The van der Waals surface area contributed by atoms with Crippen LogP contribution in [-0.4, -0.2) is 35.3 Å². The summed E-state index contributed by atoms with van der Waals surface area (Å²) in [5, 5.41) is 4.90. The van der Waals surface area contributed by atoms with Gasteiger partial charge in [-0.25, -0.2) is 0 Å². The standard InChI is InChI=1S/C25H34ClN3O3/c1-15(2)24(30)32-17(4)31-23(22-21(26)16(3)28-29(22)9)20(14-27-8)18-10-12-19(13-11-18)25(5,6)7/h10-15,17H,1-9H3/b23-20-,27-14?. The summed E-state index contributed by atoms with van der Waals surface area (Å²) in [4.78, 5) is 16.4. The minimum atomic E-state index is -0.833. The second-order valence-corrected chi connectivity index (χ2v) is 9.48. The molecule has 1 unspecified atom stereocenters. The van der Waals surface area contributed by atoms with Gasteiger partial charge in [0.05, 0.1) is 16.6 Å². The highest BCUT2D eigenvalue weighted by molar-refractivity contribution is 6.33. The number of hydrogen-bond donors (Lipinski definition) is 0. The number of nitrogens with zero attached hydrogens (tertiary/aromatic N) is 3. The van der Waals surface area contributed by atoms with Crippen molar-refractivity contribution in [1.29, 1.82) is 0 Å². The zero-order valence-electron chi connectivity index (χ0n) is 20.5. The van der Waals surface area contributed by atoms with Crippen molar-refractivity contribution in [2.45, 2.75) is 60.2 Å². The SMILES string of the molecule is CN=C/C(=C(/OC(C)OC(=O)C(C)C)c1c(Cl)c(C)nn1C)c1ccc(C(C)(C)C)cc1. The average Bonchev–Trinajstić information content (AvgIpc) is 2.95. The van der Waals surface area contributed by atoms with E-state index in [1.165, 1.54) is 5.56 Å². The van der Waals surface area contributed by atoms with Crippen molar-refractivity contribution >= 4 is 35.1 Å². The third-order valence-corrected chi connectivity index (χ3v) is 5.42. The minimum absolute atomic E-state index is 0.0304. The van der Waals surface area contributed by atoms with Gasteiger partial charge in [-0.15, -0.1) is 0 Å². The lowest BCUT2D eigenvalue weighted by atomic mass is 9.86. The maximum atomic E-state index is 12.1. The molecule has 2 rings (SSSR count). The summed E-state index contributed by atoms with van der Waals surface area (Å²) in [6.07, 6.45) is 0.886. The van der Waals surface area contributed by atoms with Gasteiger partial charge in [0.15, 0.2) is 5.76 Å². The predicted octanol–water partition coefficient (Wildman–Crippen LogP) is 5.81. The molecule has 0 aliphatic heterocycles. The normalized spacial score (nSPS) is 14.0. The molecule has 32 heavy (non-hydrogen) atoms. The second kappa shape index (κ2) is 10.3. The Hall–Kier alpha value is -2.60. The number of halogens is 1. The maximum Gasteiger partial charge on any atom is 0.311 e. The summed E-state index contributed by atoms with van der Waals surface area (Å²) < 4.78 is 13.3. The predicted molar refractivity (Wildman–Crippen MR) is 131 cm³/mol. The molecule has 0 saturated carbocycles. The molecule has 0 aliphatic rings. The van der Waals surface area contributed by atoms with Crippen molar-refractivity contribution in [3.05, 3.63) is 51.8 Å². The van der Waals surface area contributed by atoms with Crippen molar-refractivity contribution in [1.82, 2.24) is 9.78 Å². The van der Waals surface area contributed by atoms with Crippen molar-refractivity contribution in [3.63, 3.8) is 0 Å². The number of ether oxygens (including phenoxy) is 2. The molecule has 1 heterocycles. The Morgan fingerprint density at radius 1 is 1.16 bits per heavy atom. The number of aliphatic imine (C=N–C) groups is 1. The van der Waals surface area contributed by atoms with Gasteiger partial charge in [0.25, 0.3) is 0 Å². The van der Waals surface area contributed by atoms with E-state index in [1.807, 2.05) is 19.1 Å². The Morgan fingerprint density at radius 3 is 2.19 bits per heavy atom. The van der Waals surface area contributed by atoms with E-state index in [4.69, 9.17) is 21.1 Å². The second-order valence-electron chi connectivity index (χ2n) is 9.11. The van der Waals surface area contributed by atoms with Gasteiger partial charge in [-0.2, -0.15) is 5.10 Å². The van der Waals surface area contributed by atoms with Crippen molar-refractivity contribution in [3.8, 4) is 0 Å². The van der Waals surface area contributed by atoms with E-state index in [9.17, 15) is 4.79 Å². The van der Waals surface area contributed by atoms with Crippen LogP contribution in [0.5, 0.6) is 0 Å². The van der Waals surface area contributed by atoms with Crippen molar-refractivity contribution in [2.75, 3.05) is 7.05 Å². The third-order valence-electron chi connectivity index (χ3n) is 4.97. The first-order valence-electron chi connectivity index (χ1n) is 10.7. The summed E-state index contributed by atoms with van der Waals surface area (Å²) in [5.41, 5.74) is 4.12. The van der Waals surface area contributed by atoms with Gasteiger partial charge in [-0.3, -0.25) is 14.5 Å². The van der Waals surface area contributed by atoms with Crippen LogP contribution in [0.15, 0.2) is 29.3 Å². The summed E-state index contributed by atoms with van der Waals surface area (Å²) in [6, 6.07) is 8.25. The van der Waals surface area contributed by atoms with Gasteiger partial charge in [-0.1, -0.05) is 70.5 Å². The minimum Gasteiger partial charge on any atom is -0.452 e. The van der Waals surface area contributed by atoms with Crippen molar-refractivity contribution < 1.29 is 14.3 Å². The van der Waals surface area contributed by atoms with E-state index < -0.39 is 6.29 Å². The highest BCUT2D eigenvalue weighted by Gasteiger charge is 2.25. The molecule has 1 aromatic heterocycles. The number of hydrogen-bond acceptors (Lipinski definition) is 5. The average molecular weight is 460 g/mol. The lowest BCUT2D eigenvalue weighted by Crippen LogP contribution is -2.22. The van der Waals surface area contributed by atoms with Crippen LogP contribution in [0.3, 0.4) is 0 Å². The molecule has 0 radical (unpaired) electrons. The molecule has 2 aromatic rings. The number of rotatable bonds is 7. The number of aryl methyl sites for hydroxylation is 2. The molecule has 0 amide bonds. The first-order chi connectivity index (χ1) is 14.9. The van der Waals surface area contributed by atoms with Gasteiger partial charge in [-0.05, 0) is 23.5 Å². The molecule has 0 bridgehead atoms. The number of esters is 1. The molecular weight excluding hydrogens is 426 g/mol. The molecule has 0 spiro atoms. The fourth-order valence-corrected chi connectivity index (χ4v) is 3.40. The lowest BCUT2D eigenvalue weighted by Gasteiger charge is -2.22. The van der Waals surface area contributed by atoms with Gasteiger partial charge in [0.2, 0.25) is 6.29 Å². The van der Waals surface area contributed by atoms with E-state index >= 15 is 0 Å². The molecule has 174 valence electrons. The molecule has 1 aromatic carbocycles. The topological polar surface area (TPSA) is 65.7 Å². The molecule has 0 saturated heterocycles. The monoisotopic (exact) mass is 459 g/mol. The van der Waals surface area contributed by atoms with Gasteiger partial charge in [0, 0.05) is 32.8 Å². The number of carbonyl (C=O) groups is 1. The summed E-state index contributed by atoms with van der Waals surface area (Å²) in [6.45, 7) is 13.6. The molecule has 7 heteroatoms. The maximum absolute atomic E-state index is 12.1. The highest BCUT2D eigenvalue weighted by atomic mass is 35.5. The Bertz CT molecular complexity index is 1010.